The summed E-state index contributed by atoms with van der Waals surface area (Å²) >= 11 is 1.77. The van der Waals surface area contributed by atoms with Gasteiger partial charge in [0.1, 0.15) is 0 Å². The maximum atomic E-state index is 12.3. The van der Waals surface area contributed by atoms with E-state index in [0.717, 1.165) is 32.5 Å². The molecule has 1 aliphatic rings. The molecule has 3 nitrogen and oxygen atoms in total. The third kappa shape index (κ3) is 4.46. The summed E-state index contributed by atoms with van der Waals surface area (Å²) < 4.78 is 0. The first-order valence-corrected chi connectivity index (χ1v) is 9.65. The molecule has 0 aliphatic carbocycles. The van der Waals surface area contributed by atoms with Crippen LogP contribution in [0.3, 0.4) is 0 Å². The minimum Gasteiger partial charge on any atom is -0.354 e. The molecule has 2 aromatic rings. The number of hydrogen-bond donors (Lipinski definition) is 1. The maximum absolute atomic E-state index is 12.3. The predicted molar refractivity (Wildman–Crippen MR) is 101 cm³/mol. The molecule has 1 N–H and O–H groups in total. The zero-order valence-corrected chi connectivity index (χ0v) is 15.3. The lowest BCUT2D eigenvalue weighted by Crippen LogP contribution is -2.44. The Morgan fingerprint density at radius 3 is 2.96 bits per heavy atom. The third-order valence-corrected chi connectivity index (χ3v) is 5.37. The topological polar surface area (TPSA) is 32.3 Å². The summed E-state index contributed by atoms with van der Waals surface area (Å²) in [5.41, 5.74) is 2.61. The average molecular weight is 343 g/mol. The molecule has 1 amide bonds. The van der Waals surface area contributed by atoms with E-state index in [1.54, 1.807) is 11.3 Å². The van der Waals surface area contributed by atoms with Crippen molar-refractivity contribution in [3.63, 3.8) is 0 Å². The second-order valence-electron chi connectivity index (χ2n) is 6.92. The Kier molecular flexibility index (Phi) is 5.69. The highest BCUT2D eigenvalue weighted by Gasteiger charge is 2.26. The fourth-order valence-corrected chi connectivity index (χ4v) is 4.06. The lowest BCUT2D eigenvalue weighted by molar-refractivity contribution is -0.127. The zero-order chi connectivity index (χ0) is 16.9. The summed E-state index contributed by atoms with van der Waals surface area (Å²) in [5.74, 6) is 0.337. The highest BCUT2D eigenvalue weighted by atomic mass is 32.1. The smallest absolute Gasteiger partial charge is 0.224 e. The number of carbonyl (C=O) groups is 1. The highest BCUT2D eigenvalue weighted by Crippen LogP contribution is 2.26. The first kappa shape index (κ1) is 17.2. The molecule has 0 spiro atoms. The summed E-state index contributed by atoms with van der Waals surface area (Å²) in [7, 11) is 0. The maximum Gasteiger partial charge on any atom is 0.224 e. The van der Waals surface area contributed by atoms with Gasteiger partial charge in [-0.2, -0.15) is 0 Å². The number of thiophene rings is 1. The van der Waals surface area contributed by atoms with Crippen LogP contribution in [0.15, 0.2) is 41.8 Å². The molecular weight excluding hydrogens is 316 g/mol. The monoisotopic (exact) mass is 342 g/mol. The van der Waals surface area contributed by atoms with Crippen molar-refractivity contribution < 1.29 is 4.79 Å². The molecule has 0 radical (unpaired) electrons. The number of likely N-dealkylation sites (tertiary alicyclic amines) is 1. The van der Waals surface area contributed by atoms with Gasteiger partial charge in [0.25, 0.3) is 0 Å². The van der Waals surface area contributed by atoms with E-state index in [0.29, 0.717) is 0 Å². The number of nitrogens with one attached hydrogen (secondary N) is 1. The fourth-order valence-electron chi connectivity index (χ4n) is 3.34. The molecule has 1 aromatic carbocycles. The van der Waals surface area contributed by atoms with Crippen LogP contribution in [-0.4, -0.2) is 29.9 Å². The minimum absolute atomic E-state index is 0.127. The summed E-state index contributed by atoms with van der Waals surface area (Å²) in [5, 5.41) is 5.18. The van der Waals surface area contributed by atoms with Crippen molar-refractivity contribution in [2.45, 2.75) is 39.3 Å². The van der Waals surface area contributed by atoms with Crippen LogP contribution in [0, 0.1) is 5.92 Å². The van der Waals surface area contributed by atoms with E-state index in [1.165, 1.54) is 16.0 Å². The first-order valence-electron chi connectivity index (χ1n) is 8.77. The number of carbonyl (C=O) groups excluding carboxylic acids is 1. The number of nitrogens with zero attached hydrogens (tertiary/aromatic N) is 1. The fraction of sp³-hybridized carbons (Fsp3) is 0.450. The Balaban J connectivity index is 1.63. The van der Waals surface area contributed by atoms with Crippen LogP contribution >= 0.6 is 11.3 Å². The van der Waals surface area contributed by atoms with Crippen molar-refractivity contribution >= 4 is 17.2 Å². The average Bonchev–Trinajstić information content (AvgIpc) is 3.09. The van der Waals surface area contributed by atoms with Crippen molar-refractivity contribution in [3.05, 3.63) is 47.3 Å². The van der Waals surface area contributed by atoms with Gasteiger partial charge in [-0.25, -0.2) is 0 Å². The molecule has 2 heterocycles. The molecule has 3 rings (SSSR count). The van der Waals surface area contributed by atoms with E-state index in [4.69, 9.17) is 0 Å². The quantitative estimate of drug-likeness (QED) is 0.885. The van der Waals surface area contributed by atoms with Gasteiger partial charge >= 0.3 is 0 Å². The van der Waals surface area contributed by atoms with Gasteiger partial charge in [0.05, 0.1) is 5.92 Å². The number of piperidine rings is 1. The normalized spacial score (nSPS) is 18.7. The van der Waals surface area contributed by atoms with Crippen LogP contribution in [0.2, 0.25) is 0 Å². The van der Waals surface area contributed by atoms with E-state index < -0.39 is 0 Å². The molecule has 0 bridgehead atoms. The predicted octanol–water partition coefficient (Wildman–Crippen LogP) is 4.15. The van der Waals surface area contributed by atoms with Gasteiger partial charge in [-0.1, -0.05) is 24.3 Å². The van der Waals surface area contributed by atoms with E-state index in [9.17, 15) is 4.79 Å². The summed E-state index contributed by atoms with van der Waals surface area (Å²) in [4.78, 5) is 16.0. The van der Waals surface area contributed by atoms with E-state index >= 15 is 0 Å². The summed E-state index contributed by atoms with van der Waals surface area (Å²) in [6.07, 6.45) is 2.10. The van der Waals surface area contributed by atoms with Gasteiger partial charge < -0.3 is 5.32 Å². The molecule has 1 saturated heterocycles. The van der Waals surface area contributed by atoms with Crippen LogP contribution in [-0.2, 0) is 11.3 Å². The van der Waals surface area contributed by atoms with Gasteiger partial charge in [0.15, 0.2) is 0 Å². The lowest BCUT2D eigenvalue weighted by Gasteiger charge is -2.32. The second-order valence-corrected chi connectivity index (χ2v) is 7.86. The molecule has 1 aromatic heterocycles. The van der Waals surface area contributed by atoms with Gasteiger partial charge in [-0.05, 0) is 61.9 Å². The molecule has 1 aliphatic heterocycles. The zero-order valence-electron chi connectivity index (χ0n) is 14.5. The molecule has 128 valence electrons. The molecule has 1 unspecified atom stereocenters. The number of hydrogen-bond acceptors (Lipinski definition) is 3. The Morgan fingerprint density at radius 2 is 2.21 bits per heavy atom. The summed E-state index contributed by atoms with van der Waals surface area (Å²) in [6, 6.07) is 13.3. The minimum atomic E-state index is 0.127. The van der Waals surface area contributed by atoms with Crippen molar-refractivity contribution in [3.8, 4) is 10.4 Å². The second kappa shape index (κ2) is 7.95. The van der Waals surface area contributed by atoms with Crippen LogP contribution in [0.25, 0.3) is 10.4 Å². The Morgan fingerprint density at radius 1 is 1.33 bits per heavy atom. The lowest BCUT2D eigenvalue weighted by atomic mass is 9.96. The van der Waals surface area contributed by atoms with Crippen LogP contribution in [0.5, 0.6) is 0 Å². The molecule has 1 atom stereocenters. The number of amides is 1. The van der Waals surface area contributed by atoms with Crippen molar-refractivity contribution in [1.29, 1.82) is 0 Å². The SMILES string of the molecule is CC(C)NC(=O)C1CCCN(Cc2cccc(-c3cccs3)c2)C1. The first-order chi connectivity index (χ1) is 11.6. The van der Waals surface area contributed by atoms with Crippen molar-refractivity contribution in [2.24, 2.45) is 5.92 Å². The molecule has 1 fully saturated rings. The van der Waals surface area contributed by atoms with Crippen molar-refractivity contribution in [1.82, 2.24) is 10.2 Å². The van der Waals surface area contributed by atoms with E-state index in [-0.39, 0.29) is 17.9 Å². The standard InChI is InChI=1S/C20H26N2OS/c1-15(2)21-20(23)18-8-4-10-22(14-18)13-16-6-3-7-17(12-16)19-9-5-11-24-19/h3,5-7,9,11-12,15,18H,4,8,10,13-14H2,1-2H3,(H,21,23). The molecule has 4 heteroatoms. The van der Waals surface area contributed by atoms with E-state index in [2.05, 4.69) is 52.0 Å². The van der Waals surface area contributed by atoms with E-state index in [1.807, 2.05) is 13.8 Å². The van der Waals surface area contributed by atoms with Crippen molar-refractivity contribution in [2.75, 3.05) is 13.1 Å². The van der Waals surface area contributed by atoms with Crippen LogP contribution in [0.1, 0.15) is 32.3 Å². The van der Waals surface area contributed by atoms with Gasteiger partial charge in [0.2, 0.25) is 5.91 Å². The Hall–Kier alpha value is -1.65. The number of benzene rings is 1. The van der Waals surface area contributed by atoms with Gasteiger partial charge in [-0.3, -0.25) is 9.69 Å². The molecule has 0 saturated carbocycles. The van der Waals surface area contributed by atoms with Gasteiger partial charge in [-0.15, -0.1) is 11.3 Å². The molecular formula is C20H26N2OS. The number of rotatable bonds is 5. The van der Waals surface area contributed by atoms with Crippen LogP contribution in [0.4, 0.5) is 0 Å². The third-order valence-electron chi connectivity index (χ3n) is 4.45. The summed E-state index contributed by atoms with van der Waals surface area (Å²) in [6.45, 7) is 6.91. The largest absolute Gasteiger partial charge is 0.354 e. The molecule has 24 heavy (non-hydrogen) atoms. The van der Waals surface area contributed by atoms with Gasteiger partial charge in [0, 0.05) is 24.0 Å². The van der Waals surface area contributed by atoms with Crippen LogP contribution < -0.4 is 5.32 Å². The Labute approximate surface area is 148 Å². The Bertz CT molecular complexity index is 666. The highest BCUT2D eigenvalue weighted by molar-refractivity contribution is 7.13.